The SMILES string of the molecule is O=C(O)c1cc(SCCn2ccnc2)ccc1Cl. The summed E-state index contributed by atoms with van der Waals surface area (Å²) in [6.07, 6.45) is 5.38. The first kappa shape index (κ1) is 13.0. The molecule has 1 heterocycles. The predicted octanol–water partition coefficient (Wildman–Crippen LogP) is 3.03. The van der Waals surface area contributed by atoms with E-state index in [9.17, 15) is 4.79 Å². The Morgan fingerprint density at radius 2 is 2.33 bits per heavy atom. The van der Waals surface area contributed by atoms with Crippen LogP contribution in [0.5, 0.6) is 0 Å². The number of nitrogens with zero attached hydrogens (tertiary/aromatic N) is 2. The second kappa shape index (κ2) is 5.93. The average Bonchev–Trinajstić information content (AvgIpc) is 2.84. The fourth-order valence-corrected chi connectivity index (χ4v) is 2.55. The van der Waals surface area contributed by atoms with E-state index in [2.05, 4.69) is 4.98 Å². The van der Waals surface area contributed by atoms with Gasteiger partial charge in [-0.1, -0.05) is 11.6 Å². The standard InChI is InChI=1S/C12H11ClN2O2S/c13-11-2-1-9(7-10(11)12(16)17)18-6-5-15-4-3-14-8-15/h1-4,7-8H,5-6H2,(H,16,17). The number of carbonyl (C=O) groups is 1. The quantitative estimate of drug-likeness (QED) is 0.857. The Labute approximate surface area is 114 Å². The number of imidazole rings is 1. The number of carboxylic acids is 1. The van der Waals surface area contributed by atoms with E-state index in [-0.39, 0.29) is 10.6 Å². The van der Waals surface area contributed by atoms with Crippen molar-refractivity contribution in [1.29, 1.82) is 0 Å². The lowest BCUT2D eigenvalue weighted by molar-refractivity contribution is 0.0697. The van der Waals surface area contributed by atoms with Crippen LogP contribution >= 0.6 is 23.4 Å². The van der Waals surface area contributed by atoms with Gasteiger partial charge in [0, 0.05) is 29.6 Å². The Kier molecular flexibility index (Phi) is 4.28. The lowest BCUT2D eigenvalue weighted by Crippen LogP contribution is -1.99. The molecule has 18 heavy (non-hydrogen) atoms. The smallest absolute Gasteiger partial charge is 0.337 e. The lowest BCUT2D eigenvalue weighted by atomic mass is 10.2. The number of carboxylic acid groups (broad SMARTS) is 1. The monoisotopic (exact) mass is 282 g/mol. The number of aryl methyl sites for hydroxylation is 1. The van der Waals surface area contributed by atoms with Gasteiger partial charge in [0.25, 0.3) is 0 Å². The molecule has 1 N–H and O–H groups in total. The summed E-state index contributed by atoms with van der Waals surface area (Å²) in [7, 11) is 0. The highest BCUT2D eigenvalue weighted by Crippen LogP contribution is 2.24. The van der Waals surface area contributed by atoms with Gasteiger partial charge >= 0.3 is 5.97 Å². The number of aromatic nitrogens is 2. The zero-order valence-electron chi connectivity index (χ0n) is 9.41. The molecule has 0 atom stereocenters. The first-order chi connectivity index (χ1) is 8.66. The predicted molar refractivity (Wildman–Crippen MR) is 71.4 cm³/mol. The summed E-state index contributed by atoms with van der Waals surface area (Å²) in [5.41, 5.74) is 0.143. The molecule has 0 saturated heterocycles. The molecule has 1 aromatic heterocycles. The second-order valence-electron chi connectivity index (χ2n) is 3.60. The molecule has 0 bridgehead atoms. The van der Waals surface area contributed by atoms with Crippen LogP contribution in [0, 0.1) is 0 Å². The Balaban J connectivity index is 1.97. The van der Waals surface area contributed by atoms with Crippen LogP contribution in [0.3, 0.4) is 0 Å². The molecule has 0 unspecified atom stereocenters. The van der Waals surface area contributed by atoms with E-state index >= 15 is 0 Å². The molecule has 4 nitrogen and oxygen atoms in total. The zero-order valence-corrected chi connectivity index (χ0v) is 11.0. The maximum Gasteiger partial charge on any atom is 0.337 e. The number of hydrogen-bond donors (Lipinski definition) is 1. The maximum atomic E-state index is 10.9. The van der Waals surface area contributed by atoms with Crippen LogP contribution in [0.2, 0.25) is 5.02 Å². The third-order valence-electron chi connectivity index (χ3n) is 2.35. The Morgan fingerprint density at radius 1 is 1.50 bits per heavy atom. The van der Waals surface area contributed by atoms with Crippen molar-refractivity contribution in [3.63, 3.8) is 0 Å². The fraction of sp³-hybridized carbons (Fsp3) is 0.167. The van der Waals surface area contributed by atoms with Gasteiger partial charge < -0.3 is 9.67 Å². The van der Waals surface area contributed by atoms with Gasteiger partial charge in [-0.25, -0.2) is 9.78 Å². The number of benzene rings is 1. The third kappa shape index (κ3) is 3.27. The minimum absolute atomic E-state index is 0.143. The van der Waals surface area contributed by atoms with Gasteiger partial charge in [0.1, 0.15) is 0 Å². The van der Waals surface area contributed by atoms with Crippen molar-refractivity contribution in [3.8, 4) is 0 Å². The molecule has 0 radical (unpaired) electrons. The highest BCUT2D eigenvalue weighted by molar-refractivity contribution is 7.99. The van der Waals surface area contributed by atoms with Crippen LogP contribution in [-0.2, 0) is 6.54 Å². The topological polar surface area (TPSA) is 55.1 Å². The molecule has 6 heteroatoms. The second-order valence-corrected chi connectivity index (χ2v) is 5.17. The van der Waals surface area contributed by atoms with Gasteiger partial charge in [0.2, 0.25) is 0 Å². The summed E-state index contributed by atoms with van der Waals surface area (Å²) < 4.78 is 1.97. The summed E-state index contributed by atoms with van der Waals surface area (Å²) in [5, 5.41) is 9.22. The lowest BCUT2D eigenvalue weighted by Gasteiger charge is -2.05. The molecule has 0 aliphatic rings. The van der Waals surface area contributed by atoms with Crippen molar-refractivity contribution in [2.45, 2.75) is 11.4 Å². The van der Waals surface area contributed by atoms with Gasteiger partial charge in [0.05, 0.1) is 16.9 Å². The molecule has 0 aliphatic heterocycles. The van der Waals surface area contributed by atoms with Crippen LogP contribution < -0.4 is 0 Å². The summed E-state index contributed by atoms with van der Waals surface area (Å²) in [4.78, 5) is 15.8. The van der Waals surface area contributed by atoms with E-state index in [0.717, 1.165) is 17.2 Å². The number of aromatic carboxylic acids is 1. The van der Waals surface area contributed by atoms with Crippen molar-refractivity contribution in [3.05, 3.63) is 47.5 Å². The first-order valence-electron chi connectivity index (χ1n) is 5.28. The highest BCUT2D eigenvalue weighted by atomic mass is 35.5. The molecular formula is C12H11ClN2O2S. The summed E-state index contributed by atoms with van der Waals surface area (Å²) in [5.74, 6) is -0.158. The van der Waals surface area contributed by atoms with Gasteiger partial charge in [-0.05, 0) is 18.2 Å². The molecule has 0 fully saturated rings. The minimum atomic E-state index is -1.00. The maximum absolute atomic E-state index is 10.9. The van der Waals surface area contributed by atoms with Crippen molar-refractivity contribution in [2.75, 3.05) is 5.75 Å². The van der Waals surface area contributed by atoms with Crippen molar-refractivity contribution in [2.24, 2.45) is 0 Å². The Hall–Kier alpha value is -1.46. The Morgan fingerprint density at radius 3 is 3.00 bits per heavy atom. The third-order valence-corrected chi connectivity index (χ3v) is 3.65. The van der Waals surface area contributed by atoms with E-state index in [4.69, 9.17) is 16.7 Å². The number of hydrogen-bond acceptors (Lipinski definition) is 3. The van der Waals surface area contributed by atoms with E-state index in [1.165, 1.54) is 0 Å². The van der Waals surface area contributed by atoms with Crippen molar-refractivity contribution < 1.29 is 9.90 Å². The molecule has 0 spiro atoms. The van der Waals surface area contributed by atoms with E-state index in [0.29, 0.717) is 0 Å². The van der Waals surface area contributed by atoms with Gasteiger partial charge in [0.15, 0.2) is 0 Å². The molecule has 2 rings (SSSR count). The average molecular weight is 283 g/mol. The van der Waals surface area contributed by atoms with Crippen molar-refractivity contribution in [1.82, 2.24) is 9.55 Å². The molecule has 0 amide bonds. The van der Waals surface area contributed by atoms with Crippen LogP contribution in [0.1, 0.15) is 10.4 Å². The number of halogens is 1. The number of thioether (sulfide) groups is 1. The van der Waals surface area contributed by atoms with Gasteiger partial charge in [-0.2, -0.15) is 0 Å². The first-order valence-corrected chi connectivity index (χ1v) is 6.64. The molecule has 0 aliphatic carbocycles. The van der Waals surface area contributed by atoms with Gasteiger partial charge in [-0.3, -0.25) is 0 Å². The van der Waals surface area contributed by atoms with E-state index in [1.54, 1.807) is 36.4 Å². The van der Waals surface area contributed by atoms with Gasteiger partial charge in [-0.15, -0.1) is 11.8 Å². The summed E-state index contributed by atoms with van der Waals surface area (Å²) in [6.45, 7) is 0.829. The summed E-state index contributed by atoms with van der Waals surface area (Å²) in [6, 6.07) is 5.04. The molecule has 94 valence electrons. The fourth-order valence-electron chi connectivity index (χ4n) is 1.45. The van der Waals surface area contributed by atoms with Crippen LogP contribution in [-0.4, -0.2) is 26.4 Å². The Bertz CT molecular complexity index is 543. The van der Waals surface area contributed by atoms with E-state index < -0.39 is 5.97 Å². The largest absolute Gasteiger partial charge is 0.478 e. The summed E-state index contributed by atoms with van der Waals surface area (Å²) >= 11 is 7.39. The van der Waals surface area contributed by atoms with Crippen LogP contribution in [0.25, 0.3) is 0 Å². The normalized spacial score (nSPS) is 10.5. The van der Waals surface area contributed by atoms with E-state index in [1.807, 2.05) is 16.8 Å². The minimum Gasteiger partial charge on any atom is -0.478 e. The number of rotatable bonds is 5. The van der Waals surface area contributed by atoms with Crippen molar-refractivity contribution >= 4 is 29.3 Å². The molecule has 2 aromatic rings. The van der Waals surface area contributed by atoms with Crippen LogP contribution in [0.4, 0.5) is 0 Å². The van der Waals surface area contributed by atoms with Crippen LogP contribution in [0.15, 0.2) is 41.8 Å². The molecule has 1 aromatic carbocycles. The highest BCUT2D eigenvalue weighted by Gasteiger charge is 2.09. The molecular weight excluding hydrogens is 272 g/mol. The molecule has 0 saturated carbocycles. The zero-order chi connectivity index (χ0) is 13.0.